The summed E-state index contributed by atoms with van der Waals surface area (Å²) in [5.41, 5.74) is -0.422. The first-order chi connectivity index (χ1) is 17.9. The van der Waals surface area contributed by atoms with Gasteiger partial charge in [-0.25, -0.2) is 25.6 Å². The molecule has 1 saturated heterocycles. The SMILES string of the molecule is CN1CCN(S(=O)(=O)C[C@@H]2CC[C@@]3(S(=O)(=O)c4ccc(Cl)cc4)c4c(F)c(Cl)cc(F)c4OC[C@H]3C2)CC1. The Morgan fingerprint density at radius 3 is 2.37 bits per heavy atom. The van der Waals surface area contributed by atoms with E-state index in [4.69, 9.17) is 27.9 Å². The number of halogens is 4. The van der Waals surface area contributed by atoms with E-state index < -0.39 is 58.5 Å². The molecule has 2 fully saturated rings. The van der Waals surface area contributed by atoms with Gasteiger partial charge in [0.15, 0.2) is 27.2 Å². The highest BCUT2D eigenvalue weighted by atomic mass is 35.5. The van der Waals surface area contributed by atoms with Crippen LogP contribution in [0.2, 0.25) is 10.0 Å². The van der Waals surface area contributed by atoms with Crippen molar-refractivity contribution in [2.24, 2.45) is 11.8 Å². The van der Waals surface area contributed by atoms with Gasteiger partial charge >= 0.3 is 0 Å². The Morgan fingerprint density at radius 1 is 1.05 bits per heavy atom. The maximum Gasteiger partial charge on any atom is 0.214 e. The van der Waals surface area contributed by atoms with Crippen LogP contribution in [0, 0.1) is 23.5 Å². The average molecular weight is 610 g/mol. The molecular weight excluding hydrogens is 581 g/mol. The van der Waals surface area contributed by atoms with Crippen LogP contribution < -0.4 is 4.74 Å². The first-order valence-electron chi connectivity index (χ1n) is 12.3. The monoisotopic (exact) mass is 608 g/mol. The van der Waals surface area contributed by atoms with E-state index in [1.165, 1.54) is 28.6 Å². The molecule has 2 aromatic rings. The molecule has 0 unspecified atom stereocenters. The number of piperazine rings is 1. The minimum absolute atomic E-state index is 0.0944. The second-order valence-corrected chi connectivity index (χ2v) is 15.4. The molecule has 0 bridgehead atoms. The Bertz CT molecular complexity index is 1450. The summed E-state index contributed by atoms with van der Waals surface area (Å²) in [4.78, 5) is 1.96. The molecular formula is C25H28Cl2F2N2O5S2. The summed E-state index contributed by atoms with van der Waals surface area (Å²) in [6.45, 7) is 1.84. The molecule has 5 rings (SSSR count). The molecule has 13 heteroatoms. The summed E-state index contributed by atoms with van der Waals surface area (Å²) in [5, 5.41) is -0.223. The van der Waals surface area contributed by atoms with Crippen molar-refractivity contribution in [3.63, 3.8) is 0 Å². The minimum atomic E-state index is -4.33. The molecule has 0 spiro atoms. The molecule has 0 aromatic heterocycles. The van der Waals surface area contributed by atoms with E-state index in [9.17, 15) is 21.2 Å². The fourth-order valence-electron chi connectivity index (χ4n) is 6.08. The zero-order valence-electron chi connectivity index (χ0n) is 20.7. The Kier molecular flexibility index (Phi) is 7.50. The van der Waals surface area contributed by atoms with Gasteiger partial charge in [0.1, 0.15) is 4.75 Å². The second-order valence-electron chi connectivity index (χ2n) is 10.3. The lowest BCUT2D eigenvalue weighted by atomic mass is 9.69. The number of benzene rings is 2. The van der Waals surface area contributed by atoms with E-state index in [-0.39, 0.29) is 42.4 Å². The fraction of sp³-hybridized carbons (Fsp3) is 0.520. The number of rotatable bonds is 5. The van der Waals surface area contributed by atoms with Crippen molar-refractivity contribution in [3.8, 4) is 5.75 Å². The third kappa shape index (κ3) is 4.62. The maximum atomic E-state index is 15.7. The molecule has 38 heavy (non-hydrogen) atoms. The lowest BCUT2D eigenvalue weighted by Gasteiger charge is -2.49. The number of sulfonamides is 1. The van der Waals surface area contributed by atoms with Crippen LogP contribution in [0.15, 0.2) is 35.2 Å². The third-order valence-corrected chi connectivity index (χ3v) is 13.3. The van der Waals surface area contributed by atoms with E-state index in [0.29, 0.717) is 31.2 Å². The predicted molar refractivity (Wildman–Crippen MR) is 141 cm³/mol. The van der Waals surface area contributed by atoms with E-state index in [0.717, 1.165) is 6.07 Å². The topological polar surface area (TPSA) is 84.0 Å². The van der Waals surface area contributed by atoms with Crippen LogP contribution in [-0.4, -0.2) is 71.6 Å². The summed E-state index contributed by atoms with van der Waals surface area (Å²) in [7, 11) is -5.99. The van der Waals surface area contributed by atoms with Crippen LogP contribution >= 0.6 is 23.2 Å². The lowest BCUT2D eigenvalue weighted by molar-refractivity contribution is 0.103. The first kappa shape index (κ1) is 28.0. The molecule has 3 aliphatic rings. The van der Waals surface area contributed by atoms with Crippen LogP contribution in [0.1, 0.15) is 24.8 Å². The van der Waals surface area contributed by atoms with Gasteiger partial charge in [-0.2, -0.15) is 4.31 Å². The van der Waals surface area contributed by atoms with Gasteiger partial charge < -0.3 is 9.64 Å². The molecule has 0 N–H and O–H groups in total. The fourth-order valence-corrected chi connectivity index (χ4v) is 10.6. The molecule has 2 heterocycles. The Balaban J connectivity index is 1.55. The molecule has 7 nitrogen and oxygen atoms in total. The maximum absolute atomic E-state index is 15.7. The van der Waals surface area contributed by atoms with E-state index in [1.54, 1.807) is 0 Å². The third-order valence-electron chi connectivity index (χ3n) is 8.09. The van der Waals surface area contributed by atoms with E-state index in [2.05, 4.69) is 4.90 Å². The van der Waals surface area contributed by atoms with E-state index >= 15 is 4.39 Å². The van der Waals surface area contributed by atoms with Crippen molar-refractivity contribution in [1.82, 2.24) is 9.21 Å². The molecule has 0 amide bonds. The number of nitrogens with zero attached hydrogens (tertiary/aromatic N) is 2. The minimum Gasteiger partial charge on any atom is -0.490 e. The second kappa shape index (κ2) is 10.2. The van der Waals surface area contributed by atoms with Crippen molar-refractivity contribution >= 4 is 43.1 Å². The zero-order valence-corrected chi connectivity index (χ0v) is 23.8. The van der Waals surface area contributed by atoms with Gasteiger partial charge in [-0.1, -0.05) is 23.2 Å². The molecule has 208 valence electrons. The number of likely N-dealkylation sites (N-methyl/N-ethyl adjacent to an activating group) is 1. The Morgan fingerprint density at radius 2 is 1.71 bits per heavy atom. The summed E-state index contributed by atoms with van der Waals surface area (Å²) >= 11 is 12.0. The number of hydrogen-bond acceptors (Lipinski definition) is 6. The predicted octanol–water partition coefficient (Wildman–Crippen LogP) is 4.33. The number of hydrogen-bond donors (Lipinski definition) is 0. The molecule has 1 aliphatic carbocycles. The van der Waals surface area contributed by atoms with Gasteiger partial charge in [-0.05, 0) is 62.6 Å². The van der Waals surface area contributed by atoms with Crippen molar-refractivity contribution in [2.75, 3.05) is 45.6 Å². The van der Waals surface area contributed by atoms with Gasteiger partial charge in [-0.3, -0.25) is 0 Å². The van der Waals surface area contributed by atoms with Crippen molar-refractivity contribution in [2.45, 2.75) is 28.9 Å². The Hall–Kier alpha value is -1.50. The quantitative estimate of drug-likeness (QED) is 0.470. The highest BCUT2D eigenvalue weighted by molar-refractivity contribution is 7.92. The summed E-state index contributed by atoms with van der Waals surface area (Å²) in [6, 6.07) is 6.28. The number of fused-ring (bicyclic) bond motifs is 3. The molecule has 2 aliphatic heterocycles. The largest absolute Gasteiger partial charge is 0.490 e. The standard InChI is InChI=1S/C25H28Cl2F2N2O5S2/c1-30-8-10-31(11-9-30)37(32,33)15-16-6-7-25(38(34,35)19-4-2-18(26)3-5-19)17(12-16)14-36-24-21(28)13-20(27)23(29)22(24)25/h2-5,13,16-17H,6-12,14-15H2,1H3/t16-,17-,25+/m1/s1. The molecule has 1 saturated carbocycles. The first-order valence-corrected chi connectivity index (χ1v) is 16.2. The van der Waals surface area contributed by atoms with Crippen LogP contribution in [0.4, 0.5) is 8.78 Å². The van der Waals surface area contributed by atoms with Gasteiger partial charge in [0.2, 0.25) is 10.0 Å². The normalized spacial score (nSPS) is 26.9. The highest BCUT2D eigenvalue weighted by Gasteiger charge is 2.60. The van der Waals surface area contributed by atoms with Crippen LogP contribution in [0.25, 0.3) is 0 Å². The lowest BCUT2D eigenvalue weighted by Crippen LogP contribution is -2.53. The average Bonchev–Trinajstić information content (AvgIpc) is 2.87. The summed E-state index contributed by atoms with van der Waals surface area (Å²) < 4.78 is 90.8. The van der Waals surface area contributed by atoms with Gasteiger partial charge in [-0.15, -0.1) is 0 Å². The van der Waals surface area contributed by atoms with Gasteiger partial charge in [0.25, 0.3) is 0 Å². The van der Waals surface area contributed by atoms with Crippen LogP contribution in [0.5, 0.6) is 5.75 Å². The number of ether oxygens (including phenoxy) is 1. The highest BCUT2D eigenvalue weighted by Crippen LogP contribution is 2.58. The van der Waals surface area contributed by atoms with Crippen molar-refractivity contribution in [3.05, 3.63) is 57.6 Å². The smallest absolute Gasteiger partial charge is 0.214 e. The summed E-state index contributed by atoms with van der Waals surface area (Å²) in [6.07, 6.45) is 0.217. The van der Waals surface area contributed by atoms with Gasteiger partial charge in [0, 0.05) is 37.1 Å². The molecule has 3 atom stereocenters. The zero-order chi connectivity index (χ0) is 27.5. The Labute approximate surface area is 231 Å². The van der Waals surface area contributed by atoms with Crippen LogP contribution in [-0.2, 0) is 24.6 Å². The molecule has 2 aromatic carbocycles. The number of sulfone groups is 1. The van der Waals surface area contributed by atoms with Gasteiger partial charge in [0.05, 0.1) is 27.8 Å². The molecule has 0 radical (unpaired) electrons. The van der Waals surface area contributed by atoms with Crippen molar-refractivity contribution in [1.29, 1.82) is 0 Å². The summed E-state index contributed by atoms with van der Waals surface area (Å²) in [5.74, 6) is -3.82. The van der Waals surface area contributed by atoms with Crippen LogP contribution in [0.3, 0.4) is 0 Å². The van der Waals surface area contributed by atoms with E-state index in [1.807, 2.05) is 7.05 Å². The van der Waals surface area contributed by atoms with Crippen molar-refractivity contribution < 1.29 is 30.4 Å².